The van der Waals surface area contributed by atoms with Crippen LogP contribution in [0.1, 0.15) is 5.56 Å². The predicted molar refractivity (Wildman–Crippen MR) is 96.0 cm³/mol. The first-order valence-electron chi connectivity index (χ1n) is 8.44. The summed E-state index contributed by atoms with van der Waals surface area (Å²) in [6.07, 6.45) is -0.399. The first-order valence-corrected chi connectivity index (χ1v) is 8.44. The Bertz CT molecular complexity index is 834. The predicted octanol–water partition coefficient (Wildman–Crippen LogP) is 1.83. The molecule has 1 atom stereocenters. The molecule has 1 aromatic heterocycles. The number of imidazole rings is 1. The second kappa shape index (κ2) is 7.04. The number of carbonyl (C=O) groups excluding carboxylic acids is 1. The van der Waals surface area contributed by atoms with Gasteiger partial charge in [-0.1, -0.05) is 36.4 Å². The molecule has 128 valence electrons. The Hall–Kier alpha value is -2.70. The van der Waals surface area contributed by atoms with Crippen LogP contribution in [0.5, 0.6) is 0 Å². The quantitative estimate of drug-likeness (QED) is 0.679. The maximum Gasteiger partial charge on any atom is 0.250 e. The lowest BCUT2D eigenvalue weighted by atomic mass is 10.1. The number of para-hydroxylation sites is 2. The fourth-order valence-electron chi connectivity index (χ4n) is 2.91. The average Bonchev–Trinajstić information content (AvgIpc) is 3.11. The van der Waals surface area contributed by atoms with Crippen molar-refractivity contribution in [3.05, 3.63) is 54.1 Å². The number of rotatable bonds is 4. The van der Waals surface area contributed by atoms with Gasteiger partial charge in [-0.2, -0.15) is 0 Å². The van der Waals surface area contributed by atoms with E-state index in [4.69, 9.17) is 4.74 Å². The van der Waals surface area contributed by atoms with Crippen molar-refractivity contribution in [1.29, 1.82) is 0 Å². The largest absolute Gasteiger partial charge is 0.366 e. The van der Waals surface area contributed by atoms with Gasteiger partial charge in [-0.3, -0.25) is 4.79 Å². The zero-order chi connectivity index (χ0) is 17.1. The van der Waals surface area contributed by atoms with Crippen LogP contribution in [0.3, 0.4) is 0 Å². The van der Waals surface area contributed by atoms with E-state index in [1.54, 1.807) is 0 Å². The second-order valence-corrected chi connectivity index (χ2v) is 6.08. The first-order chi connectivity index (χ1) is 12.3. The zero-order valence-corrected chi connectivity index (χ0v) is 13.8. The number of hydrogen-bond donors (Lipinski definition) is 3. The number of nitrogens with zero attached hydrogens (tertiary/aromatic N) is 1. The number of carbonyl (C=O) groups is 1. The highest BCUT2D eigenvalue weighted by Gasteiger charge is 2.21. The number of hydrogen-bond acceptors (Lipinski definition) is 4. The number of fused-ring (bicyclic) bond motifs is 1. The van der Waals surface area contributed by atoms with Gasteiger partial charge in [0.1, 0.15) is 11.9 Å². The molecule has 3 aromatic rings. The Kier molecular flexibility index (Phi) is 4.45. The Labute approximate surface area is 145 Å². The van der Waals surface area contributed by atoms with E-state index in [1.165, 1.54) is 0 Å². The summed E-state index contributed by atoms with van der Waals surface area (Å²) in [5.74, 6) is 0.770. The van der Waals surface area contributed by atoms with Gasteiger partial charge in [0.25, 0.3) is 5.91 Å². The standard InChI is InChI=1S/C19H20N4O2/c24-19(17-12-20-9-10-25-17)21-11-13-5-7-14(8-6-13)18-22-15-3-1-2-4-16(15)23-18/h1-8,17,20H,9-12H2,(H,21,24)(H,22,23). The van der Waals surface area contributed by atoms with Crippen LogP contribution in [-0.2, 0) is 16.1 Å². The third kappa shape index (κ3) is 3.55. The lowest BCUT2D eigenvalue weighted by molar-refractivity contribution is -0.134. The fourth-order valence-corrected chi connectivity index (χ4v) is 2.91. The number of nitrogens with one attached hydrogen (secondary N) is 3. The molecular weight excluding hydrogens is 316 g/mol. The summed E-state index contributed by atoms with van der Waals surface area (Å²) in [6.45, 7) is 2.42. The van der Waals surface area contributed by atoms with Gasteiger partial charge in [-0.05, 0) is 17.7 Å². The molecule has 0 bridgehead atoms. The number of ether oxygens (including phenoxy) is 1. The fraction of sp³-hybridized carbons (Fsp3) is 0.263. The Morgan fingerprint density at radius 3 is 2.80 bits per heavy atom. The van der Waals surface area contributed by atoms with E-state index >= 15 is 0 Å². The second-order valence-electron chi connectivity index (χ2n) is 6.08. The van der Waals surface area contributed by atoms with Crippen molar-refractivity contribution in [2.45, 2.75) is 12.6 Å². The molecule has 0 spiro atoms. The summed E-state index contributed by atoms with van der Waals surface area (Å²) in [7, 11) is 0. The monoisotopic (exact) mass is 336 g/mol. The van der Waals surface area contributed by atoms with Crippen LogP contribution in [0.4, 0.5) is 0 Å². The zero-order valence-electron chi connectivity index (χ0n) is 13.8. The average molecular weight is 336 g/mol. The van der Waals surface area contributed by atoms with Crippen molar-refractivity contribution >= 4 is 16.9 Å². The van der Waals surface area contributed by atoms with E-state index in [0.717, 1.165) is 34.5 Å². The lowest BCUT2D eigenvalue weighted by Gasteiger charge is -2.22. The number of H-pyrrole nitrogens is 1. The van der Waals surface area contributed by atoms with Crippen LogP contribution >= 0.6 is 0 Å². The molecule has 2 aromatic carbocycles. The molecule has 1 saturated heterocycles. The van der Waals surface area contributed by atoms with Crippen molar-refractivity contribution in [2.75, 3.05) is 19.7 Å². The van der Waals surface area contributed by atoms with Gasteiger partial charge in [0, 0.05) is 25.2 Å². The van der Waals surface area contributed by atoms with Crippen molar-refractivity contribution in [3.8, 4) is 11.4 Å². The third-order valence-electron chi connectivity index (χ3n) is 4.30. The molecule has 1 aliphatic rings. The number of aromatic amines is 1. The Morgan fingerprint density at radius 2 is 2.04 bits per heavy atom. The number of morpholine rings is 1. The van der Waals surface area contributed by atoms with E-state index in [1.807, 2.05) is 48.5 Å². The summed E-state index contributed by atoms with van der Waals surface area (Å²) in [4.78, 5) is 20.0. The highest BCUT2D eigenvalue weighted by molar-refractivity contribution is 5.81. The summed E-state index contributed by atoms with van der Waals surface area (Å²) in [5.41, 5.74) is 4.04. The molecule has 6 heteroatoms. The van der Waals surface area contributed by atoms with Crippen molar-refractivity contribution < 1.29 is 9.53 Å². The van der Waals surface area contributed by atoms with E-state index in [-0.39, 0.29) is 5.91 Å². The smallest absolute Gasteiger partial charge is 0.250 e. The maximum absolute atomic E-state index is 12.1. The lowest BCUT2D eigenvalue weighted by Crippen LogP contribution is -2.47. The highest BCUT2D eigenvalue weighted by Crippen LogP contribution is 2.20. The van der Waals surface area contributed by atoms with Gasteiger partial charge in [0.2, 0.25) is 0 Å². The van der Waals surface area contributed by atoms with Gasteiger partial charge < -0.3 is 20.4 Å². The van der Waals surface area contributed by atoms with Gasteiger partial charge >= 0.3 is 0 Å². The van der Waals surface area contributed by atoms with Gasteiger partial charge in [0.05, 0.1) is 17.6 Å². The highest BCUT2D eigenvalue weighted by atomic mass is 16.5. The first kappa shape index (κ1) is 15.8. The molecule has 1 unspecified atom stereocenters. The third-order valence-corrected chi connectivity index (χ3v) is 4.30. The topological polar surface area (TPSA) is 79.0 Å². The van der Waals surface area contributed by atoms with Crippen LogP contribution in [0.2, 0.25) is 0 Å². The summed E-state index contributed by atoms with van der Waals surface area (Å²) in [5, 5.41) is 6.08. The van der Waals surface area contributed by atoms with Crippen molar-refractivity contribution in [2.24, 2.45) is 0 Å². The molecule has 0 radical (unpaired) electrons. The molecule has 0 saturated carbocycles. The van der Waals surface area contributed by atoms with Crippen LogP contribution in [0.25, 0.3) is 22.4 Å². The maximum atomic E-state index is 12.1. The molecule has 1 amide bonds. The minimum absolute atomic E-state index is 0.0754. The molecular formula is C19H20N4O2. The molecule has 0 aliphatic carbocycles. The molecule has 6 nitrogen and oxygen atoms in total. The minimum atomic E-state index is -0.399. The molecule has 4 rings (SSSR count). The normalized spacial score (nSPS) is 17.5. The SMILES string of the molecule is O=C(NCc1ccc(-c2nc3ccccc3[nH]2)cc1)C1CNCCO1. The van der Waals surface area contributed by atoms with Gasteiger partial charge in [0.15, 0.2) is 0 Å². The molecule has 25 heavy (non-hydrogen) atoms. The molecule has 3 N–H and O–H groups in total. The van der Waals surface area contributed by atoms with E-state index in [9.17, 15) is 4.79 Å². The Balaban J connectivity index is 1.40. The van der Waals surface area contributed by atoms with Crippen molar-refractivity contribution in [3.63, 3.8) is 0 Å². The van der Waals surface area contributed by atoms with Crippen LogP contribution in [0, 0.1) is 0 Å². The van der Waals surface area contributed by atoms with Gasteiger partial charge in [-0.15, -0.1) is 0 Å². The summed E-state index contributed by atoms with van der Waals surface area (Å²) >= 11 is 0. The van der Waals surface area contributed by atoms with Crippen LogP contribution in [-0.4, -0.2) is 41.7 Å². The van der Waals surface area contributed by atoms with Crippen molar-refractivity contribution in [1.82, 2.24) is 20.6 Å². The van der Waals surface area contributed by atoms with E-state index in [2.05, 4.69) is 20.6 Å². The molecule has 2 heterocycles. The Morgan fingerprint density at radius 1 is 1.20 bits per heavy atom. The molecule has 1 fully saturated rings. The molecule has 1 aliphatic heterocycles. The van der Waals surface area contributed by atoms with Crippen LogP contribution < -0.4 is 10.6 Å². The summed E-state index contributed by atoms with van der Waals surface area (Å²) in [6, 6.07) is 16.0. The number of aromatic nitrogens is 2. The number of amides is 1. The number of benzene rings is 2. The van der Waals surface area contributed by atoms with E-state index < -0.39 is 6.10 Å². The van der Waals surface area contributed by atoms with Gasteiger partial charge in [-0.25, -0.2) is 4.98 Å². The summed E-state index contributed by atoms with van der Waals surface area (Å²) < 4.78 is 5.45. The minimum Gasteiger partial charge on any atom is -0.366 e. The van der Waals surface area contributed by atoms with Crippen LogP contribution in [0.15, 0.2) is 48.5 Å². The van der Waals surface area contributed by atoms with E-state index in [0.29, 0.717) is 19.7 Å².